The molecule has 0 spiro atoms. The van der Waals surface area contributed by atoms with Gasteiger partial charge in [-0.15, -0.1) is 0 Å². The fourth-order valence-electron chi connectivity index (χ4n) is 2.36. The van der Waals surface area contributed by atoms with Gasteiger partial charge in [-0.3, -0.25) is 4.72 Å². The molecule has 0 aliphatic carbocycles. The quantitative estimate of drug-likeness (QED) is 0.440. The standard InChI is InChI=1S/C19H15Cl2N3O2S2/c20-13-10-14(21)12-17(11-13)24-28(25,26)18-8-6-16(7-9-18)23-19(27)22-15-4-2-1-3-5-15/h1-12,24H,(H2,22,23,27). The number of anilines is 3. The van der Waals surface area contributed by atoms with Gasteiger partial charge in [-0.25, -0.2) is 8.42 Å². The SMILES string of the molecule is O=S(=O)(Nc1cc(Cl)cc(Cl)c1)c1ccc(NC(=S)Nc2ccccc2)cc1. The smallest absolute Gasteiger partial charge is 0.261 e. The molecule has 0 saturated heterocycles. The lowest BCUT2D eigenvalue weighted by Crippen LogP contribution is -2.19. The van der Waals surface area contributed by atoms with E-state index in [1.807, 2.05) is 30.3 Å². The van der Waals surface area contributed by atoms with Crippen molar-refractivity contribution in [2.24, 2.45) is 0 Å². The van der Waals surface area contributed by atoms with Crippen LogP contribution in [0, 0.1) is 0 Å². The third kappa shape index (κ3) is 5.59. The summed E-state index contributed by atoms with van der Waals surface area (Å²) < 4.78 is 27.5. The summed E-state index contributed by atoms with van der Waals surface area (Å²) in [5.41, 5.74) is 1.79. The fourth-order valence-corrected chi connectivity index (χ4v) is 4.16. The molecule has 9 heteroatoms. The molecule has 3 aromatic carbocycles. The van der Waals surface area contributed by atoms with Crippen LogP contribution in [0.25, 0.3) is 0 Å². The molecule has 0 bridgehead atoms. The topological polar surface area (TPSA) is 70.2 Å². The molecule has 0 radical (unpaired) electrons. The second-order valence-corrected chi connectivity index (χ2v) is 8.70. The highest BCUT2D eigenvalue weighted by molar-refractivity contribution is 7.92. The van der Waals surface area contributed by atoms with Gasteiger partial charge in [-0.05, 0) is 66.8 Å². The third-order valence-electron chi connectivity index (χ3n) is 3.57. The summed E-state index contributed by atoms with van der Waals surface area (Å²) in [6.07, 6.45) is 0. The van der Waals surface area contributed by atoms with Gasteiger partial charge < -0.3 is 10.6 Å². The Morgan fingerprint density at radius 1 is 0.750 bits per heavy atom. The van der Waals surface area contributed by atoms with Gasteiger partial charge in [0.05, 0.1) is 10.6 Å². The molecule has 144 valence electrons. The molecule has 0 atom stereocenters. The van der Waals surface area contributed by atoms with Gasteiger partial charge in [-0.2, -0.15) is 0 Å². The Balaban J connectivity index is 1.68. The van der Waals surface area contributed by atoms with Crippen molar-refractivity contribution in [1.82, 2.24) is 0 Å². The summed E-state index contributed by atoms with van der Waals surface area (Å²) in [7, 11) is -3.78. The van der Waals surface area contributed by atoms with E-state index in [0.29, 0.717) is 20.8 Å². The first-order valence-corrected chi connectivity index (χ1v) is 10.7. The number of nitrogens with one attached hydrogen (secondary N) is 3. The van der Waals surface area contributed by atoms with E-state index in [4.69, 9.17) is 35.4 Å². The normalized spacial score (nSPS) is 10.9. The number of hydrogen-bond acceptors (Lipinski definition) is 3. The molecule has 0 aliphatic heterocycles. The lowest BCUT2D eigenvalue weighted by Gasteiger charge is -2.12. The molecule has 0 aromatic heterocycles. The number of halogens is 2. The minimum Gasteiger partial charge on any atom is -0.332 e. The number of hydrogen-bond donors (Lipinski definition) is 3. The van der Waals surface area contributed by atoms with E-state index >= 15 is 0 Å². The van der Waals surface area contributed by atoms with Crippen molar-refractivity contribution in [1.29, 1.82) is 0 Å². The molecule has 5 nitrogen and oxygen atoms in total. The van der Waals surface area contributed by atoms with Crippen molar-refractivity contribution in [3.63, 3.8) is 0 Å². The Morgan fingerprint density at radius 2 is 1.29 bits per heavy atom. The van der Waals surface area contributed by atoms with E-state index in [1.165, 1.54) is 30.3 Å². The highest BCUT2D eigenvalue weighted by Crippen LogP contribution is 2.25. The predicted octanol–water partition coefficient (Wildman–Crippen LogP) is 5.60. The summed E-state index contributed by atoms with van der Waals surface area (Å²) in [6.45, 7) is 0. The van der Waals surface area contributed by atoms with Crippen molar-refractivity contribution < 1.29 is 8.42 Å². The third-order valence-corrected chi connectivity index (χ3v) is 5.61. The van der Waals surface area contributed by atoms with Crippen molar-refractivity contribution >= 4 is 67.6 Å². The van der Waals surface area contributed by atoms with Crippen molar-refractivity contribution in [2.45, 2.75) is 4.90 Å². The van der Waals surface area contributed by atoms with Crippen LogP contribution in [0.5, 0.6) is 0 Å². The van der Waals surface area contributed by atoms with Crippen LogP contribution in [0.3, 0.4) is 0 Å². The number of thiocarbonyl (C=S) groups is 1. The van der Waals surface area contributed by atoms with Gasteiger partial charge in [-0.1, -0.05) is 41.4 Å². The first-order valence-electron chi connectivity index (χ1n) is 8.04. The highest BCUT2D eigenvalue weighted by Gasteiger charge is 2.15. The average Bonchev–Trinajstić information content (AvgIpc) is 2.61. The monoisotopic (exact) mass is 451 g/mol. The van der Waals surface area contributed by atoms with E-state index < -0.39 is 10.0 Å². The number of benzene rings is 3. The molecule has 3 aromatic rings. The second kappa shape index (κ2) is 8.79. The minimum absolute atomic E-state index is 0.0936. The Hall–Kier alpha value is -2.32. The number of rotatable bonds is 5. The van der Waals surface area contributed by atoms with Gasteiger partial charge in [0.25, 0.3) is 10.0 Å². The average molecular weight is 452 g/mol. The van der Waals surface area contributed by atoms with Gasteiger partial charge >= 0.3 is 0 Å². The van der Waals surface area contributed by atoms with Crippen molar-refractivity contribution in [3.05, 3.63) is 82.8 Å². The summed E-state index contributed by atoms with van der Waals surface area (Å²) in [5, 5.41) is 7.12. The van der Waals surface area contributed by atoms with Crippen LogP contribution in [0.2, 0.25) is 10.0 Å². The van der Waals surface area contributed by atoms with Crippen molar-refractivity contribution in [3.8, 4) is 0 Å². The Bertz CT molecular complexity index is 1070. The maximum atomic E-state index is 12.5. The lowest BCUT2D eigenvalue weighted by atomic mass is 10.3. The highest BCUT2D eigenvalue weighted by atomic mass is 35.5. The van der Waals surface area contributed by atoms with Crippen LogP contribution in [-0.4, -0.2) is 13.5 Å². The Morgan fingerprint density at radius 3 is 1.86 bits per heavy atom. The van der Waals surface area contributed by atoms with E-state index in [-0.39, 0.29) is 10.6 Å². The maximum Gasteiger partial charge on any atom is 0.261 e. The summed E-state index contributed by atoms with van der Waals surface area (Å²) in [5.74, 6) is 0. The summed E-state index contributed by atoms with van der Waals surface area (Å²) in [6, 6.07) is 20.1. The Kier molecular flexibility index (Phi) is 6.41. The van der Waals surface area contributed by atoms with Crippen LogP contribution in [0.4, 0.5) is 17.1 Å². The largest absolute Gasteiger partial charge is 0.332 e. The lowest BCUT2D eigenvalue weighted by molar-refractivity contribution is 0.601. The van der Waals surface area contributed by atoms with E-state index in [9.17, 15) is 8.42 Å². The molecular formula is C19H15Cl2N3O2S2. The van der Waals surface area contributed by atoms with E-state index in [0.717, 1.165) is 5.69 Å². The van der Waals surface area contributed by atoms with Crippen LogP contribution in [0.1, 0.15) is 0 Å². The maximum absolute atomic E-state index is 12.5. The fraction of sp³-hybridized carbons (Fsp3) is 0. The summed E-state index contributed by atoms with van der Waals surface area (Å²) in [4.78, 5) is 0.0936. The zero-order valence-corrected chi connectivity index (χ0v) is 17.5. The van der Waals surface area contributed by atoms with Gasteiger partial charge in [0.2, 0.25) is 0 Å². The van der Waals surface area contributed by atoms with Crippen LogP contribution >= 0.6 is 35.4 Å². The molecule has 0 fully saturated rings. The molecule has 3 N–H and O–H groups in total. The van der Waals surface area contributed by atoms with Crippen LogP contribution in [-0.2, 0) is 10.0 Å². The predicted molar refractivity (Wildman–Crippen MR) is 120 cm³/mol. The molecule has 0 saturated carbocycles. The molecule has 0 heterocycles. The zero-order chi connectivity index (χ0) is 20.1. The summed E-state index contributed by atoms with van der Waals surface area (Å²) >= 11 is 17.1. The molecule has 3 rings (SSSR count). The number of para-hydroxylation sites is 1. The van der Waals surface area contributed by atoms with Gasteiger partial charge in [0.15, 0.2) is 5.11 Å². The Labute approximate surface area is 178 Å². The number of sulfonamides is 1. The van der Waals surface area contributed by atoms with Crippen molar-refractivity contribution in [2.75, 3.05) is 15.4 Å². The van der Waals surface area contributed by atoms with Gasteiger partial charge in [0, 0.05) is 21.4 Å². The van der Waals surface area contributed by atoms with Crippen LogP contribution in [0.15, 0.2) is 77.7 Å². The van der Waals surface area contributed by atoms with Gasteiger partial charge in [0.1, 0.15) is 0 Å². The zero-order valence-electron chi connectivity index (χ0n) is 14.3. The second-order valence-electron chi connectivity index (χ2n) is 5.73. The molecule has 0 unspecified atom stereocenters. The minimum atomic E-state index is -3.78. The molecular weight excluding hydrogens is 437 g/mol. The molecule has 0 aliphatic rings. The molecule has 0 amide bonds. The van der Waals surface area contributed by atoms with E-state index in [1.54, 1.807) is 12.1 Å². The molecule has 28 heavy (non-hydrogen) atoms. The van der Waals surface area contributed by atoms with E-state index in [2.05, 4.69) is 15.4 Å². The first kappa shape index (κ1) is 20.4. The first-order chi connectivity index (χ1) is 13.3. The van der Waals surface area contributed by atoms with Crippen LogP contribution < -0.4 is 15.4 Å².